The number of likely N-dealkylation sites (N-methyl/N-ethyl adjacent to an activating group) is 3. The van der Waals surface area contributed by atoms with Gasteiger partial charge in [0.2, 0.25) is 0 Å². The average Bonchev–Trinajstić information content (AvgIpc) is 2.34. The standard InChI is InChI=1S/C14H25N3/c1-15-12-14(13-8-6-5-7-9-13)17(4)11-10-16(2)3/h5-9,14-15H,10-12H2,1-4H3. The second-order valence-electron chi connectivity index (χ2n) is 4.77. The number of hydrogen-bond donors (Lipinski definition) is 1. The van der Waals surface area contributed by atoms with Gasteiger partial charge in [0, 0.05) is 25.7 Å². The Morgan fingerprint density at radius 2 is 1.71 bits per heavy atom. The van der Waals surface area contributed by atoms with Crippen LogP contribution in [0.1, 0.15) is 11.6 Å². The lowest BCUT2D eigenvalue weighted by Gasteiger charge is -2.29. The first-order chi connectivity index (χ1) is 8.15. The second kappa shape index (κ2) is 7.43. The number of nitrogens with zero attached hydrogens (tertiary/aromatic N) is 2. The molecule has 0 spiro atoms. The van der Waals surface area contributed by atoms with Crippen molar-refractivity contribution in [1.29, 1.82) is 0 Å². The summed E-state index contributed by atoms with van der Waals surface area (Å²) in [4.78, 5) is 4.63. The van der Waals surface area contributed by atoms with Crippen molar-refractivity contribution in [3.63, 3.8) is 0 Å². The van der Waals surface area contributed by atoms with Crippen molar-refractivity contribution in [2.45, 2.75) is 6.04 Å². The molecule has 0 aliphatic carbocycles. The SMILES string of the molecule is CNCC(c1ccccc1)N(C)CCN(C)C. The summed E-state index contributed by atoms with van der Waals surface area (Å²) >= 11 is 0. The predicted octanol–water partition coefficient (Wildman–Crippen LogP) is 1.44. The molecule has 1 aromatic rings. The monoisotopic (exact) mass is 235 g/mol. The van der Waals surface area contributed by atoms with Gasteiger partial charge in [0.15, 0.2) is 0 Å². The Balaban J connectivity index is 2.65. The molecule has 3 nitrogen and oxygen atoms in total. The molecule has 0 aliphatic heterocycles. The average molecular weight is 235 g/mol. The highest BCUT2D eigenvalue weighted by Crippen LogP contribution is 2.17. The van der Waals surface area contributed by atoms with Crippen LogP contribution in [0.4, 0.5) is 0 Å². The van der Waals surface area contributed by atoms with Crippen molar-refractivity contribution in [2.24, 2.45) is 0 Å². The summed E-state index contributed by atoms with van der Waals surface area (Å²) in [5.41, 5.74) is 1.38. The first-order valence-electron chi connectivity index (χ1n) is 6.19. The molecule has 1 atom stereocenters. The molecule has 96 valence electrons. The van der Waals surface area contributed by atoms with Gasteiger partial charge in [0.25, 0.3) is 0 Å². The van der Waals surface area contributed by atoms with Crippen molar-refractivity contribution >= 4 is 0 Å². The van der Waals surface area contributed by atoms with E-state index in [9.17, 15) is 0 Å². The van der Waals surface area contributed by atoms with Crippen molar-refractivity contribution in [3.8, 4) is 0 Å². The van der Waals surface area contributed by atoms with E-state index in [-0.39, 0.29) is 0 Å². The van der Waals surface area contributed by atoms with Crippen LogP contribution in [0, 0.1) is 0 Å². The van der Waals surface area contributed by atoms with Gasteiger partial charge in [-0.05, 0) is 33.8 Å². The molecule has 0 aliphatic rings. The van der Waals surface area contributed by atoms with Crippen LogP contribution in [0.25, 0.3) is 0 Å². The summed E-state index contributed by atoms with van der Waals surface area (Å²) in [5, 5.41) is 3.28. The Labute approximate surface area is 105 Å². The summed E-state index contributed by atoms with van der Waals surface area (Å²) in [6.45, 7) is 3.14. The van der Waals surface area contributed by atoms with E-state index in [1.165, 1.54) is 5.56 Å². The Morgan fingerprint density at radius 3 is 2.24 bits per heavy atom. The van der Waals surface area contributed by atoms with Crippen LogP contribution < -0.4 is 5.32 Å². The van der Waals surface area contributed by atoms with Crippen LogP contribution >= 0.6 is 0 Å². The van der Waals surface area contributed by atoms with E-state index >= 15 is 0 Å². The van der Waals surface area contributed by atoms with E-state index in [0.717, 1.165) is 19.6 Å². The number of hydrogen-bond acceptors (Lipinski definition) is 3. The summed E-state index contributed by atoms with van der Waals surface area (Å²) in [7, 11) is 8.43. The number of nitrogens with one attached hydrogen (secondary N) is 1. The van der Waals surface area contributed by atoms with Crippen molar-refractivity contribution in [1.82, 2.24) is 15.1 Å². The van der Waals surface area contributed by atoms with E-state index in [1.54, 1.807) is 0 Å². The lowest BCUT2D eigenvalue weighted by Crippen LogP contribution is -2.36. The molecule has 0 heterocycles. The summed E-state index contributed by atoms with van der Waals surface area (Å²) in [6.07, 6.45) is 0. The molecule has 1 unspecified atom stereocenters. The van der Waals surface area contributed by atoms with Crippen LogP contribution in [0.5, 0.6) is 0 Å². The molecule has 0 saturated heterocycles. The maximum atomic E-state index is 3.28. The molecule has 1 rings (SSSR count). The van der Waals surface area contributed by atoms with Crippen LogP contribution in [0.3, 0.4) is 0 Å². The van der Waals surface area contributed by atoms with E-state index < -0.39 is 0 Å². The third-order valence-corrected chi connectivity index (χ3v) is 3.01. The molecular formula is C14H25N3. The lowest BCUT2D eigenvalue weighted by molar-refractivity contribution is 0.216. The lowest BCUT2D eigenvalue weighted by atomic mass is 10.1. The molecule has 0 aromatic heterocycles. The topological polar surface area (TPSA) is 18.5 Å². The smallest absolute Gasteiger partial charge is 0.0470 e. The Bertz CT molecular complexity index is 298. The van der Waals surface area contributed by atoms with E-state index in [1.807, 2.05) is 7.05 Å². The summed E-state index contributed by atoms with van der Waals surface area (Å²) in [5.74, 6) is 0. The van der Waals surface area contributed by atoms with Crippen LogP contribution in [0.2, 0.25) is 0 Å². The summed E-state index contributed by atoms with van der Waals surface area (Å²) < 4.78 is 0. The maximum Gasteiger partial charge on any atom is 0.0470 e. The van der Waals surface area contributed by atoms with Crippen molar-refractivity contribution in [3.05, 3.63) is 35.9 Å². The third-order valence-electron chi connectivity index (χ3n) is 3.01. The van der Waals surface area contributed by atoms with Gasteiger partial charge in [-0.25, -0.2) is 0 Å². The molecular weight excluding hydrogens is 210 g/mol. The fourth-order valence-electron chi connectivity index (χ4n) is 1.91. The highest BCUT2D eigenvalue weighted by Gasteiger charge is 2.15. The quantitative estimate of drug-likeness (QED) is 0.771. The first kappa shape index (κ1) is 14.2. The van der Waals surface area contributed by atoms with Gasteiger partial charge < -0.3 is 10.2 Å². The van der Waals surface area contributed by atoms with Crippen molar-refractivity contribution < 1.29 is 0 Å². The van der Waals surface area contributed by atoms with Gasteiger partial charge >= 0.3 is 0 Å². The molecule has 0 saturated carbocycles. The number of rotatable bonds is 7. The zero-order valence-corrected chi connectivity index (χ0v) is 11.5. The van der Waals surface area contributed by atoms with Crippen molar-refractivity contribution in [2.75, 3.05) is 47.8 Å². The largest absolute Gasteiger partial charge is 0.318 e. The van der Waals surface area contributed by atoms with E-state index in [2.05, 4.69) is 66.6 Å². The van der Waals surface area contributed by atoms with Crippen LogP contribution in [-0.2, 0) is 0 Å². The zero-order valence-electron chi connectivity index (χ0n) is 11.5. The first-order valence-corrected chi connectivity index (χ1v) is 6.19. The fourth-order valence-corrected chi connectivity index (χ4v) is 1.91. The molecule has 1 N–H and O–H groups in total. The highest BCUT2D eigenvalue weighted by molar-refractivity contribution is 5.19. The molecule has 17 heavy (non-hydrogen) atoms. The van der Waals surface area contributed by atoms with Gasteiger partial charge in [-0.1, -0.05) is 30.3 Å². The van der Waals surface area contributed by atoms with Gasteiger partial charge in [-0.15, -0.1) is 0 Å². The van der Waals surface area contributed by atoms with E-state index in [0.29, 0.717) is 6.04 Å². The predicted molar refractivity (Wildman–Crippen MR) is 74.3 cm³/mol. The zero-order chi connectivity index (χ0) is 12.7. The Morgan fingerprint density at radius 1 is 1.06 bits per heavy atom. The van der Waals surface area contributed by atoms with Gasteiger partial charge in [-0.3, -0.25) is 4.90 Å². The normalized spacial score (nSPS) is 13.3. The molecule has 0 radical (unpaired) electrons. The summed E-state index contributed by atoms with van der Waals surface area (Å²) in [6, 6.07) is 11.1. The Kier molecular flexibility index (Phi) is 6.19. The van der Waals surface area contributed by atoms with E-state index in [4.69, 9.17) is 0 Å². The minimum atomic E-state index is 0.446. The second-order valence-corrected chi connectivity index (χ2v) is 4.77. The minimum Gasteiger partial charge on any atom is -0.318 e. The van der Waals surface area contributed by atoms with Gasteiger partial charge in [0.05, 0.1) is 0 Å². The van der Waals surface area contributed by atoms with Crippen LogP contribution in [-0.4, -0.2) is 57.6 Å². The molecule has 3 heteroatoms. The number of benzene rings is 1. The maximum absolute atomic E-state index is 3.28. The van der Waals surface area contributed by atoms with Crippen LogP contribution in [0.15, 0.2) is 30.3 Å². The molecule has 0 amide bonds. The minimum absolute atomic E-state index is 0.446. The molecule has 1 aromatic carbocycles. The fraction of sp³-hybridized carbons (Fsp3) is 0.571. The molecule has 0 fully saturated rings. The van der Waals surface area contributed by atoms with Gasteiger partial charge in [-0.2, -0.15) is 0 Å². The molecule has 0 bridgehead atoms. The highest BCUT2D eigenvalue weighted by atomic mass is 15.2. The van der Waals surface area contributed by atoms with Gasteiger partial charge in [0.1, 0.15) is 0 Å². The Hall–Kier alpha value is -0.900. The third kappa shape index (κ3) is 4.86.